The highest BCUT2D eigenvalue weighted by molar-refractivity contribution is 5.22. The van der Waals surface area contributed by atoms with E-state index < -0.39 is 11.8 Å². The Labute approximate surface area is 87.6 Å². The third-order valence-corrected chi connectivity index (χ3v) is 1.89. The van der Waals surface area contributed by atoms with Crippen molar-refractivity contribution in [1.29, 1.82) is 0 Å². The van der Waals surface area contributed by atoms with Crippen LogP contribution in [0.25, 0.3) is 0 Å². The molecule has 1 rings (SSSR count). The molecule has 0 radical (unpaired) electrons. The van der Waals surface area contributed by atoms with Crippen LogP contribution < -0.4 is 0 Å². The van der Waals surface area contributed by atoms with Gasteiger partial charge in [0, 0.05) is 0 Å². The Morgan fingerprint density at radius 1 is 1.00 bits per heavy atom. The summed E-state index contributed by atoms with van der Waals surface area (Å²) in [6.07, 6.45) is -4.64. The van der Waals surface area contributed by atoms with Crippen LogP contribution in [0.2, 0.25) is 0 Å². The van der Waals surface area contributed by atoms with Crippen molar-refractivity contribution < 1.29 is 18.3 Å². The number of aliphatic hydroxyl groups is 1. The predicted molar refractivity (Wildman–Crippen MR) is 53.4 cm³/mol. The number of hydrogen-bond donors (Lipinski definition) is 1. The molecular weight excluding hydrogens is 205 g/mol. The zero-order valence-corrected chi connectivity index (χ0v) is 8.97. The van der Waals surface area contributed by atoms with E-state index in [-0.39, 0.29) is 5.56 Å². The summed E-state index contributed by atoms with van der Waals surface area (Å²) in [7, 11) is 0. The molecule has 0 saturated heterocycles. The maximum absolute atomic E-state index is 12.3. The first kappa shape index (κ1) is 14.0. The highest BCUT2D eigenvalue weighted by Crippen LogP contribution is 2.37. The maximum Gasteiger partial charge on any atom is 0.421 e. The highest BCUT2D eigenvalue weighted by Gasteiger charge is 2.50. The normalized spacial score (nSPS) is 14.9. The molecule has 0 bridgehead atoms. The lowest BCUT2D eigenvalue weighted by Gasteiger charge is -2.26. The van der Waals surface area contributed by atoms with Crippen LogP contribution in [0.1, 0.15) is 26.3 Å². The Kier molecular flexibility index (Phi) is 4.81. The standard InChI is InChI=1S/C9H9F3O.C2H6/c1-8(13,9(10,11)12)7-5-3-2-4-6-7;1-2/h2-6,13H,1H3;1-2H3. The van der Waals surface area contributed by atoms with E-state index in [1.165, 1.54) is 24.3 Å². The van der Waals surface area contributed by atoms with E-state index in [1.54, 1.807) is 6.07 Å². The monoisotopic (exact) mass is 220 g/mol. The summed E-state index contributed by atoms with van der Waals surface area (Å²) in [5.41, 5.74) is -2.92. The average molecular weight is 220 g/mol. The largest absolute Gasteiger partial charge is 0.421 e. The molecule has 0 aromatic heterocycles. The second-order valence-corrected chi connectivity index (χ2v) is 2.94. The Bertz CT molecular complexity index is 278. The SMILES string of the molecule is CC.CC(O)(c1ccccc1)C(F)(F)F. The molecule has 1 unspecified atom stereocenters. The summed E-state index contributed by atoms with van der Waals surface area (Å²) >= 11 is 0. The van der Waals surface area contributed by atoms with Crippen LogP contribution in [0.4, 0.5) is 13.2 Å². The zero-order chi connectivity index (χ0) is 12.1. The molecule has 0 amide bonds. The molecule has 0 saturated carbocycles. The summed E-state index contributed by atoms with van der Waals surface area (Å²) in [6, 6.07) is 6.99. The van der Waals surface area contributed by atoms with Crippen molar-refractivity contribution >= 4 is 0 Å². The minimum Gasteiger partial charge on any atom is -0.376 e. The second-order valence-electron chi connectivity index (χ2n) is 2.94. The van der Waals surface area contributed by atoms with Gasteiger partial charge in [-0.1, -0.05) is 44.2 Å². The van der Waals surface area contributed by atoms with Crippen molar-refractivity contribution in [3.05, 3.63) is 35.9 Å². The lowest BCUT2D eigenvalue weighted by Crippen LogP contribution is -2.39. The molecule has 0 spiro atoms. The van der Waals surface area contributed by atoms with Gasteiger partial charge in [-0.05, 0) is 12.5 Å². The summed E-state index contributed by atoms with van der Waals surface area (Å²) in [5, 5.41) is 9.20. The number of halogens is 3. The molecule has 0 heterocycles. The quantitative estimate of drug-likeness (QED) is 0.768. The highest BCUT2D eigenvalue weighted by atomic mass is 19.4. The Hall–Kier alpha value is -1.03. The van der Waals surface area contributed by atoms with E-state index in [2.05, 4.69) is 0 Å². The van der Waals surface area contributed by atoms with Crippen LogP contribution in [0.15, 0.2) is 30.3 Å². The van der Waals surface area contributed by atoms with Crippen molar-refractivity contribution in [3.63, 3.8) is 0 Å². The predicted octanol–water partition coefficient (Wildman–Crippen LogP) is 3.48. The van der Waals surface area contributed by atoms with Crippen molar-refractivity contribution in [2.24, 2.45) is 0 Å². The van der Waals surface area contributed by atoms with Gasteiger partial charge in [-0.15, -0.1) is 0 Å². The van der Waals surface area contributed by atoms with Gasteiger partial charge in [-0.3, -0.25) is 0 Å². The average Bonchev–Trinajstić information content (AvgIpc) is 2.20. The molecule has 0 aliphatic carbocycles. The van der Waals surface area contributed by atoms with Crippen LogP contribution in [-0.4, -0.2) is 11.3 Å². The van der Waals surface area contributed by atoms with E-state index in [0.29, 0.717) is 0 Å². The van der Waals surface area contributed by atoms with Crippen LogP contribution in [-0.2, 0) is 5.60 Å². The number of benzene rings is 1. The van der Waals surface area contributed by atoms with Gasteiger partial charge in [-0.2, -0.15) is 13.2 Å². The van der Waals surface area contributed by atoms with Crippen LogP contribution in [0.5, 0.6) is 0 Å². The molecule has 0 aliphatic heterocycles. The van der Waals surface area contributed by atoms with Gasteiger partial charge >= 0.3 is 6.18 Å². The van der Waals surface area contributed by atoms with Gasteiger partial charge < -0.3 is 5.11 Å². The van der Waals surface area contributed by atoms with E-state index in [9.17, 15) is 18.3 Å². The maximum atomic E-state index is 12.3. The van der Waals surface area contributed by atoms with Gasteiger partial charge in [0.25, 0.3) is 0 Å². The lowest BCUT2D eigenvalue weighted by atomic mass is 9.96. The summed E-state index contributed by atoms with van der Waals surface area (Å²) < 4.78 is 36.8. The molecule has 1 atom stereocenters. The fourth-order valence-corrected chi connectivity index (χ4v) is 0.926. The molecule has 1 aromatic rings. The fourth-order valence-electron chi connectivity index (χ4n) is 0.926. The Balaban J connectivity index is 0.000000921. The van der Waals surface area contributed by atoms with Crippen molar-refractivity contribution in [2.45, 2.75) is 32.5 Å². The fraction of sp³-hybridized carbons (Fsp3) is 0.455. The van der Waals surface area contributed by atoms with Crippen molar-refractivity contribution in [1.82, 2.24) is 0 Å². The van der Waals surface area contributed by atoms with Crippen LogP contribution in [0, 0.1) is 0 Å². The van der Waals surface area contributed by atoms with Crippen molar-refractivity contribution in [2.75, 3.05) is 0 Å². The first-order valence-corrected chi connectivity index (χ1v) is 4.70. The van der Waals surface area contributed by atoms with Crippen LogP contribution in [0.3, 0.4) is 0 Å². The van der Waals surface area contributed by atoms with Gasteiger partial charge in [0.05, 0.1) is 0 Å². The minimum absolute atomic E-state index is 0.150. The zero-order valence-electron chi connectivity index (χ0n) is 8.97. The molecule has 1 aromatic carbocycles. The van der Waals surface area contributed by atoms with Gasteiger partial charge in [-0.25, -0.2) is 0 Å². The number of rotatable bonds is 1. The van der Waals surface area contributed by atoms with Crippen molar-refractivity contribution in [3.8, 4) is 0 Å². The Morgan fingerprint density at radius 3 is 1.73 bits per heavy atom. The molecular formula is C11H15F3O. The van der Waals surface area contributed by atoms with E-state index >= 15 is 0 Å². The molecule has 86 valence electrons. The summed E-state index contributed by atoms with van der Waals surface area (Å²) in [5.74, 6) is 0. The third kappa shape index (κ3) is 3.23. The van der Waals surface area contributed by atoms with E-state index in [4.69, 9.17) is 0 Å². The topological polar surface area (TPSA) is 20.2 Å². The van der Waals surface area contributed by atoms with E-state index in [0.717, 1.165) is 6.92 Å². The molecule has 1 N–H and O–H groups in total. The van der Waals surface area contributed by atoms with Gasteiger partial charge in [0.1, 0.15) is 0 Å². The second kappa shape index (κ2) is 5.16. The summed E-state index contributed by atoms with van der Waals surface area (Å²) in [4.78, 5) is 0. The Morgan fingerprint density at radius 2 is 1.40 bits per heavy atom. The smallest absolute Gasteiger partial charge is 0.376 e. The number of alkyl halides is 3. The van der Waals surface area contributed by atoms with Gasteiger partial charge in [0.2, 0.25) is 0 Å². The first-order chi connectivity index (χ1) is 6.86. The molecule has 0 fully saturated rings. The lowest BCUT2D eigenvalue weighted by molar-refractivity contribution is -0.258. The summed E-state index contributed by atoms with van der Waals surface area (Å²) in [6.45, 7) is 4.74. The van der Waals surface area contributed by atoms with Crippen LogP contribution >= 0.6 is 0 Å². The molecule has 1 nitrogen and oxygen atoms in total. The van der Waals surface area contributed by atoms with E-state index in [1.807, 2.05) is 13.8 Å². The third-order valence-electron chi connectivity index (χ3n) is 1.89. The first-order valence-electron chi connectivity index (χ1n) is 4.70. The molecule has 15 heavy (non-hydrogen) atoms. The molecule has 0 aliphatic rings. The molecule has 4 heteroatoms. The van der Waals surface area contributed by atoms with Gasteiger partial charge in [0.15, 0.2) is 5.60 Å². The minimum atomic E-state index is -4.64. The number of hydrogen-bond acceptors (Lipinski definition) is 1.